The summed E-state index contributed by atoms with van der Waals surface area (Å²) in [5.41, 5.74) is 12.2. The standard InChI is InChI=1S/2C26H23N3O2/c1-30-21-9-3-7-19(14-21)26(20-8-4-10-22(15-20)31-2)12-11-23-24(16-26)28-29-25(23)18-6-5-13-27-17-18;1-30-21-7-3-5-19(15-21)26(20-6-4-8-22(16-20)31-2)12-9-23-24(17-26)28-29-25(23)18-10-13-27-14-11-18/h3-15,17H,16H2,1-2H3,(H,28,29);3-16H,17H2,1-2H3,(H,28,29). The highest BCUT2D eigenvalue weighted by atomic mass is 16.5. The number of hydrogen-bond donors (Lipinski definition) is 2. The number of nitrogens with zero attached hydrogens (tertiary/aromatic N) is 4. The molecule has 10 nitrogen and oxygen atoms in total. The van der Waals surface area contributed by atoms with Gasteiger partial charge in [0.2, 0.25) is 0 Å². The average Bonchev–Trinajstić information content (AvgIpc) is 3.98. The maximum Gasteiger partial charge on any atom is 0.119 e. The number of rotatable bonds is 10. The van der Waals surface area contributed by atoms with Crippen LogP contribution in [0.15, 0.2) is 158 Å². The van der Waals surface area contributed by atoms with Crippen LogP contribution in [0.2, 0.25) is 0 Å². The van der Waals surface area contributed by atoms with Gasteiger partial charge in [0.15, 0.2) is 0 Å². The summed E-state index contributed by atoms with van der Waals surface area (Å²) in [4.78, 5) is 8.37. The highest BCUT2D eigenvalue weighted by molar-refractivity contribution is 5.77. The monoisotopic (exact) mass is 818 g/mol. The SMILES string of the molecule is COc1cccc(C2(c3cccc(OC)c3)C=Cc3c(-c4cccnc4)n[nH]c3C2)c1.COc1cccc(C2(c3cccc(OC)c3)C=Cc3c(-c4ccncc4)n[nH]c3C2)c1. The first-order valence-electron chi connectivity index (χ1n) is 20.4. The summed E-state index contributed by atoms with van der Waals surface area (Å²) in [5.74, 6) is 3.33. The van der Waals surface area contributed by atoms with Crippen molar-refractivity contribution in [3.63, 3.8) is 0 Å². The molecule has 0 unspecified atom stereocenters. The predicted molar refractivity (Wildman–Crippen MR) is 243 cm³/mol. The summed E-state index contributed by atoms with van der Waals surface area (Å²) in [6.07, 6.45) is 17.6. The zero-order valence-corrected chi connectivity index (χ0v) is 35.0. The minimum Gasteiger partial charge on any atom is -0.497 e. The van der Waals surface area contributed by atoms with Gasteiger partial charge in [0, 0.05) is 82.1 Å². The number of aromatic nitrogens is 6. The van der Waals surface area contributed by atoms with Gasteiger partial charge in [-0.3, -0.25) is 20.2 Å². The van der Waals surface area contributed by atoms with Gasteiger partial charge in [-0.15, -0.1) is 0 Å². The molecular formula is C52H46N6O4. The van der Waals surface area contributed by atoms with Gasteiger partial charge in [-0.25, -0.2) is 0 Å². The van der Waals surface area contributed by atoms with Gasteiger partial charge in [0.25, 0.3) is 0 Å². The third-order valence-electron chi connectivity index (χ3n) is 12.0. The summed E-state index contributed by atoms with van der Waals surface area (Å²) in [6, 6.07) is 41.0. The van der Waals surface area contributed by atoms with Gasteiger partial charge in [-0.05, 0) is 95.1 Å². The first kappa shape index (κ1) is 39.7. The molecule has 62 heavy (non-hydrogen) atoms. The van der Waals surface area contributed by atoms with E-state index in [1.54, 1.807) is 47.0 Å². The smallest absolute Gasteiger partial charge is 0.119 e. The van der Waals surface area contributed by atoms with E-state index in [1.165, 1.54) is 0 Å². The van der Waals surface area contributed by atoms with E-state index in [0.717, 1.165) is 103 Å². The van der Waals surface area contributed by atoms with Crippen LogP contribution < -0.4 is 18.9 Å². The van der Waals surface area contributed by atoms with E-state index < -0.39 is 0 Å². The number of ether oxygens (including phenoxy) is 4. The first-order valence-corrected chi connectivity index (χ1v) is 20.4. The normalized spacial score (nSPS) is 14.1. The topological polar surface area (TPSA) is 120 Å². The third-order valence-corrected chi connectivity index (χ3v) is 12.0. The molecule has 2 aliphatic carbocycles. The lowest BCUT2D eigenvalue weighted by atomic mass is 9.68. The molecule has 2 N–H and O–H groups in total. The third kappa shape index (κ3) is 7.40. The Kier molecular flexibility index (Phi) is 11.0. The number of fused-ring (bicyclic) bond motifs is 2. The molecule has 4 aromatic heterocycles. The molecular weight excluding hydrogens is 773 g/mol. The van der Waals surface area contributed by atoms with E-state index in [1.807, 2.05) is 79.0 Å². The molecule has 10 rings (SSSR count). The number of pyridine rings is 2. The molecule has 10 heteroatoms. The fourth-order valence-electron chi connectivity index (χ4n) is 8.71. The molecule has 0 fully saturated rings. The van der Waals surface area contributed by atoms with Crippen LogP contribution in [0, 0.1) is 0 Å². The Hall–Kier alpha value is -7.72. The van der Waals surface area contributed by atoms with Crippen LogP contribution in [0.1, 0.15) is 44.8 Å². The zero-order chi connectivity index (χ0) is 42.5. The van der Waals surface area contributed by atoms with Crippen LogP contribution in [-0.2, 0) is 23.7 Å². The van der Waals surface area contributed by atoms with Crippen molar-refractivity contribution in [1.82, 2.24) is 30.4 Å². The Bertz CT molecular complexity index is 2590. The minimum absolute atomic E-state index is 0.377. The van der Waals surface area contributed by atoms with E-state index in [9.17, 15) is 0 Å². The maximum absolute atomic E-state index is 5.53. The summed E-state index contributed by atoms with van der Waals surface area (Å²) in [5, 5.41) is 15.8. The van der Waals surface area contributed by atoms with Crippen molar-refractivity contribution < 1.29 is 18.9 Å². The van der Waals surface area contributed by atoms with Crippen molar-refractivity contribution >= 4 is 12.2 Å². The van der Waals surface area contributed by atoms with Gasteiger partial charge in [-0.2, -0.15) is 10.2 Å². The van der Waals surface area contributed by atoms with Crippen molar-refractivity contribution in [2.45, 2.75) is 23.7 Å². The fraction of sp³-hybridized carbons (Fsp3) is 0.154. The Labute approximate surface area is 361 Å². The molecule has 0 bridgehead atoms. The van der Waals surface area contributed by atoms with Crippen LogP contribution in [0.25, 0.3) is 34.7 Å². The summed E-state index contributed by atoms with van der Waals surface area (Å²) >= 11 is 0. The molecule has 0 aliphatic heterocycles. The zero-order valence-electron chi connectivity index (χ0n) is 35.0. The minimum atomic E-state index is -0.380. The molecule has 0 atom stereocenters. The number of allylic oxidation sites excluding steroid dienone is 2. The van der Waals surface area contributed by atoms with Crippen LogP contribution in [-0.4, -0.2) is 58.8 Å². The van der Waals surface area contributed by atoms with Crippen molar-refractivity contribution in [3.05, 3.63) is 203 Å². The number of methoxy groups -OCH3 is 4. The number of H-pyrrole nitrogens is 2. The van der Waals surface area contributed by atoms with E-state index in [-0.39, 0.29) is 10.8 Å². The van der Waals surface area contributed by atoms with Crippen LogP contribution in [0.5, 0.6) is 23.0 Å². The van der Waals surface area contributed by atoms with E-state index >= 15 is 0 Å². The van der Waals surface area contributed by atoms with E-state index in [2.05, 4.69) is 103 Å². The molecule has 0 spiro atoms. The first-order chi connectivity index (χ1) is 30.5. The van der Waals surface area contributed by atoms with Crippen LogP contribution in [0.3, 0.4) is 0 Å². The van der Waals surface area contributed by atoms with E-state index in [0.29, 0.717) is 0 Å². The highest BCUT2D eigenvalue weighted by Crippen LogP contribution is 2.46. The fourth-order valence-corrected chi connectivity index (χ4v) is 8.71. The number of aromatic amines is 2. The second-order valence-corrected chi connectivity index (χ2v) is 15.3. The quantitative estimate of drug-likeness (QED) is 0.140. The Morgan fingerprint density at radius 3 is 1.26 bits per heavy atom. The van der Waals surface area contributed by atoms with Gasteiger partial charge >= 0.3 is 0 Å². The summed E-state index contributed by atoms with van der Waals surface area (Å²) < 4.78 is 22.1. The predicted octanol–water partition coefficient (Wildman–Crippen LogP) is 10.1. The number of nitrogens with one attached hydrogen (secondary N) is 2. The lowest BCUT2D eigenvalue weighted by Gasteiger charge is -2.35. The average molecular weight is 819 g/mol. The lowest BCUT2D eigenvalue weighted by molar-refractivity contribution is 0.411. The lowest BCUT2D eigenvalue weighted by Crippen LogP contribution is -2.30. The van der Waals surface area contributed by atoms with Crippen LogP contribution >= 0.6 is 0 Å². The van der Waals surface area contributed by atoms with Gasteiger partial charge in [0.1, 0.15) is 28.7 Å². The Balaban J connectivity index is 0.000000158. The highest BCUT2D eigenvalue weighted by Gasteiger charge is 2.39. The summed E-state index contributed by atoms with van der Waals surface area (Å²) in [7, 11) is 6.78. The molecule has 308 valence electrons. The van der Waals surface area contributed by atoms with Crippen molar-refractivity contribution in [2.75, 3.05) is 28.4 Å². The summed E-state index contributed by atoms with van der Waals surface area (Å²) in [6.45, 7) is 0. The van der Waals surface area contributed by atoms with Gasteiger partial charge in [0.05, 0.1) is 34.1 Å². The largest absolute Gasteiger partial charge is 0.497 e. The van der Waals surface area contributed by atoms with Crippen LogP contribution in [0.4, 0.5) is 0 Å². The number of benzene rings is 4. The molecule has 0 saturated carbocycles. The van der Waals surface area contributed by atoms with E-state index in [4.69, 9.17) is 18.9 Å². The number of hydrogen-bond acceptors (Lipinski definition) is 8. The molecule has 0 radical (unpaired) electrons. The molecule has 8 aromatic rings. The molecule has 0 saturated heterocycles. The maximum atomic E-state index is 5.53. The van der Waals surface area contributed by atoms with Crippen molar-refractivity contribution in [1.29, 1.82) is 0 Å². The van der Waals surface area contributed by atoms with Crippen molar-refractivity contribution in [2.24, 2.45) is 0 Å². The molecule has 4 aromatic carbocycles. The second kappa shape index (κ2) is 17.1. The van der Waals surface area contributed by atoms with Gasteiger partial charge < -0.3 is 18.9 Å². The molecule has 0 amide bonds. The second-order valence-electron chi connectivity index (χ2n) is 15.3. The van der Waals surface area contributed by atoms with Crippen molar-refractivity contribution in [3.8, 4) is 45.5 Å². The molecule has 4 heterocycles. The Morgan fingerprint density at radius 1 is 0.452 bits per heavy atom. The molecule has 2 aliphatic rings. The Morgan fingerprint density at radius 2 is 0.871 bits per heavy atom. The van der Waals surface area contributed by atoms with Gasteiger partial charge in [-0.1, -0.05) is 72.8 Å².